The van der Waals surface area contributed by atoms with Gasteiger partial charge in [-0.05, 0) is 37.1 Å². The quantitative estimate of drug-likeness (QED) is 0.623. The molecular formula is C22H25FN4O2. The molecule has 0 saturated carbocycles. The van der Waals surface area contributed by atoms with Gasteiger partial charge in [-0.15, -0.1) is 0 Å². The molecule has 7 heteroatoms. The summed E-state index contributed by atoms with van der Waals surface area (Å²) in [5, 5.41) is 7.16. The first kappa shape index (κ1) is 19.4. The van der Waals surface area contributed by atoms with Crippen LogP contribution in [-0.4, -0.2) is 33.7 Å². The van der Waals surface area contributed by atoms with Crippen LogP contribution in [0.2, 0.25) is 0 Å². The summed E-state index contributed by atoms with van der Waals surface area (Å²) in [6, 6.07) is 8.54. The molecule has 1 N–H and O–H groups in total. The van der Waals surface area contributed by atoms with Gasteiger partial charge in [-0.2, -0.15) is 5.10 Å². The zero-order valence-corrected chi connectivity index (χ0v) is 16.5. The minimum atomic E-state index is -0.227. The maximum absolute atomic E-state index is 13.5. The number of benzene rings is 1. The van der Waals surface area contributed by atoms with Crippen molar-refractivity contribution in [1.29, 1.82) is 0 Å². The predicted molar refractivity (Wildman–Crippen MR) is 107 cm³/mol. The second-order valence-corrected chi connectivity index (χ2v) is 7.40. The monoisotopic (exact) mass is 396 g/mol. The Balaban J connectivity index is 1.39. The van der Waals surface area contributed by atoms with Gasteiger partial charge in [0.25, 0.3) is 5.91 Å². The molecule has 2 aromatic heterocycles. The van der Waals surface area contributed by atoms with Crippen LogP contribution in [0.25, 0.3) is 0 Å². The van der Waals surface area contributed by atoms with Crippen LogP contribution in [0.15, 0.2) is 47.1 Å². The van der Waals surface area contributed by atoms with Crippen molar-refractivity contribution in [1.82, 2.24) is 20.0 Å². The summed E-state index contributed by atoms with van der Waals surface area (Å²) < 4.78 is 21.2. The largest absolute Gasteiger partial charge is 0.465 e. The number of hydrogen-bond donors (Lipinski definition) is 1. The topological polar surface area (TPSA) is 63.3 Å². The molecule has 0 bridgehead atoms. The van der Waals surface area contributed by atoms with E-state index in [1.807, 2.05) is 29.9 Å². The Morgan fingerprint density at radius 2 is 2.24 bits per heavy atom. The van der Waals surface area contributed by atoms with Crippen molar-refractivity contribution in [2.24, 2.45) is 0 Å². The van der Waals surface area contributed by atoms with Crippen LogP contribution in [-0.2, 0) is 26.1 Å². The van der Waals surface area contributed by atoms with Gasteiger partial charge in [0.2, 0.25) is 0 Å². The molecule has 0 aliphatic carbocycles. The molecule has 29 heavy (non-hydrogen) atoms. The van der Waals surface area contributed by atoms with Crippen LogP contribution in [0.3, 0.4) is 0 Å². The molecule has 0 fully saturated rings. The Bertz CT molecular complexity index is 981. The van der Waals surface area contributed by atoms with Gasteiger partial charge in [-0.25, -0.2) is 4.39 Å². The summed E-state index contributed by atoms with van der Waals surface area (Å²) >= 11 is 0. The fourth-order valence-electron chi connectivity index (χ4n) is 3.87. The number of hydrogen-bond acceptors (Lipinski definition) is 4. The highest BCUT2D eigenvalue weighted by molar-refractivity contribution is 5.97. The van der Waals surface area contributed by atoms with Gasteiger partial charge in [-0.3, -0.25) is 14.4 Å². The molecule has 1 aliphatic rings. The van der Waals surface area contributed by atoms with Crippen LogP contribution in [0.5, 0.6) is 0 Å². The first-order valence-electron chi connectivity index (χ1n) is 9.93. The van der Waals surface area contributed by atoms with Gasteiger partial charge in [0.1, 0.15) is 17.3 Å². The average Bonchev–Trinajstić information content (AvgIpc) is 3.32. The maximum Gasteiger partial charge on any atom is 0.255 e. The third-order valence-electron chi connectivity index (χ3n) is 5.23. The van der Waals surface area contributed by atoms with E-state index in [-0.39, 0.29) is 11.7 Å². The summed E-state index contributed by atoms with van der Waals surface area (Å²) in [7, 11) is 0. The number of nitrogens with zero attached hydrogens (tertiary/aromatic N) is 3. The molecule has 3 heterocycles. The molecule has 1 aromatic carbocycles. The van der Waals surface area contributed by atoms with Crippen LogP contribution in [0.4, 0.5) is 4.39 Å². The summed E-state index contributed by atoms with van der Waals surface area (Å²) in [5.74, 6) is 1.22. The molecule has 0 radical (unpaired) electrons. The lowest BCUT2D eigenvalue weighted by Crippen LogP contribution is -2.32. The van der Waals surface area contributed by atoms with Crippen molar-refractivity contribution in [2.75, 3.05) is 13.1 Å². The standard InChI is InChI=1S/C22H25FN4O2/c1-16-21(22(28)24-8-3-10-27-11-4-9-25-27)19-15-26(12-7-20(19)29-16)14-17-5-2-6-18(23)13-17/h2,4-6,9,11,13H,3,7-8,10,12,14-15H2,1H3,(H,24,28). The van der Waals surface area contributed by atoms with Crippen molar-refractivity contribution in [3.05, 3.63) is 76.8 Å². The molecule has 1 amide bonds. The molecule has 6 nitrogen and oxygen atoms in total. The first-order valence-corrected chi connectivity index (χ1v) is 9.93. The normalized spacial score (nSPS) is 14.0. The lowest BCUT2D eigenvalue weighted by Gasteiger charge is -2.26. The fraction of sp³-hybridized carbons (Fsp3) is 0.364. The summed E-state index contributed by atoms with van der Waals surface area (Å²) in [4.78, 5) is 15.0. The number of halogens is 1. The van der Waals surface area contributed by atoms with Gasteiger partial charge in [-0.1, -0.05) is 12.1 Å². The second kappa shape index (κ2) is 8.61. The maximum atomic E-state index is 13.5. The van der Waals surface area contributed by atoms with E-state index < -0.39 is 0 Å². The van der Waals surface area contributed by atoms with Crippen molar-refractivity contribution in [3.63, 3.8) is 0 Å². The third kappa shape index (κ3) is 4.56. The number of furan rings is 1. The van der Waals surface area contributed by atoms with Gasteiger partial charge >= 0.3 is 0 Å². The summed E-state index contributed by atoms with van der Waals surface area (Å²) in [6.45, 7) is 5.27. The Kier molecular flexibility index (Phi) is 5.76. The molecule has 1 aliphatic heterocycles. The van der Waals surface area contributed by atoms with E-state index in [2.05, 4.69) is 15.3 Å². The van der Waals surface area contributed by atoms with E-state index in [1.54, 1.807) is 18.3 Å². The van der Waals surface area contributed by atoms with Crippen molar-refractivity contribution in [3.8, 4) is 0 Å². The first-order chi connectivity index (χ1) is 14.1. The van der Waals surface area contributed by atoms with Crippen LogP contribution < -0.4 is 5.32 Å². The third-order valence-corrected chi connectivity index (χ3v) is 5.23. The predicted octanol–water partition coefficient (Wildman–Crippen LogP) is 3.30. The van der Waals surface area contributed by atoms with Gasteiger partial charge in [0.05, 0.1) is 5.56 Å². The lowest BCUT2D eigenvalue weighted by atomic mass is 10.0. The Labute approximate surface area is 169 Å². The van der Waals surface area contributed by atoms with E-state index in [1.165, 1.54) is 6.07 Å². The molecular weight excluding hydrogens is 371 g/mol. The second-order valence-electron chi connectivity index (χ2n) is 7.40. The lowest BCUT2D eigenvalue weighted by molar-refractivity contribution is 0.0949. The van der Waals surface area contributed by atoms with Crippen LogP contribution >= 0.6 is 0 Å². The van der Waals surface area contributed by atoms with E-state index >= 15 is 0 Å². The highest BCUT2D eigenvalue weighted by Gasteiger charge is 2.28. The number of aromatic nitrogens is 2. The minimum absolute atomic E-state index is 0.0967. The molecule has 0 unspecified atom stereocenters. The van der Waals surface area contributed by atoms with E-state index in [0.717, 1.165) is 42.8 Å². The molecule has 0 atom stereocenters. The highest BCUT2D eigenvalue weighted by atomic mass is 19.1. The fourth-order valence-corrected chi connectivity index (χ4v) is 3.87. The Morgan fingerprint density at radius 3 is 3.03 bits per heavy atom. The Morgan fingerprint density at radius 1 is 1.34 bits per heavy atom. The number of carbonyl (C=O) groups excluding carboxylic acids is 1. The number of fused-ring (bicyclic) bond motifs is 1. The van der Waals surface area contributed by atoms with Gasteiger partial charge < -0.3 is 9.73 Å². The summed E-state index contributed by atoms with van der Waals surface area (Å²) in [6.07, 6.45) is 5.21. The van der Waals surface area contributed by atoms with Gasteiger partial charge in [0, 0.05) is 57.1 Å². The smallest absolute Gasteiger partial charge is 0.255 e. The summed E-state index contributed by atoms with van der Waals surface area (Å²) in [5.41, 5.74) is 2.52. The number of aryl methyl sites for hydroxylation is 2. The van der Waals surface area contributed by atoms with Crippen molar-refractivity contribution >= 4 is 5.91 Å². The van der Waals surface area contributed by atoms with Crippen molar-refractivity contribution < 1.29 is 13.6 Å². The van der Waals surface area contributed by atoms with Crippen molar-refractivity contribution in [2.45, 2.75) is 39.4 Å². The molecule has 0 saturated heterocycles. The van der Waals surface area contributed by atoms with Gasteiger partial charge in [0.15, 0.2) is 0 Å². The number of rotatable bonds is 7. The van der Waals surface area contributed by atoms with E-state index in [0.29, 0.717) is 31.0 Å². The van der Waals surface area contributed by atoms with E-state index in [4.69, 9.17) is 4.42 Å². The Hall–Kier alpha value is -2.93. The molecule has 152 valence electrons. The number of carbonyl (C=O) groups is 1. The average molecular weight is 396 g/mol. The minimum Gasteiger partial charge on any atom is -0.465 e. The molecule has 3 aromatic rings. The zero-order chi connectivity index (χ0) is 20.2. The highest BCUT2D eigenvalue weighted by Crippen LogP contribution is 2.29. The van der Waals surface area contributed by atoms with E-state index in [9.17, 15) is 9.18 Å². The number of amides is 1. The number of nitrogens with one attached hydrogen (secondary N) is 1. The van der Waals surface area contributed by atoms with Crippen LogP contribution in [0.1, 0.15) is 39.4 Å². The zero-order valence-electron chi connectivity index (χ0n) is 16.5. The molecule has 0 spiro atoms. The van der Waals surface area contributed by atoms with Crippen LogP contribution in [0, 0.1) is 12.7 Å². The SMILES string of the molecule is Cc1oc2c(c1C(=O)NCCCn1cccn1)CN(Cc1cccc(F)c1)CC2. The molecule has 4 rings (SSSR count).